The Balaban J connectivity index is 1.58. The quantitative estimate of drug-likeness (QED) is 0.810. The van der Waals surface area contributed by atoms with Gasteiger partial charge in [-0.15, -0.1) is 0 Å². The van der Waals surface area contributed by atoms with Crippen molar-refractivity contribution in [1.29, 1.82) is 0 Å². The molecule has 1 aliphatic rings. The molecule has 2 aromatic rings. The van der Waals surface area contributed by atoms with E-state index < -0.39 is 5.60 Å². The van der Waals surface area contributed by atoms with Crippen LogP contribution in [0, 0.1) is 17.7 Å². The standard InChI is InChI=1S/C24H27FN2O2/c1-24(2,29)13-11-19-7-9-20(10-8-19)17-26-14-12-23(28)27(16-15-26)18-21-5-3-4-6-22(21)25/h3-10,29H,12,14-18H2,1-2H3. The average Bonchev–Trinajstić information content (AvgIpc) is 2.85. The second-order valence-corrected chi connectivity index (χ2v) is 7.94. The van der Waals surface area contributed by atoms with Gasteiger partial charge in [0.25, 0.3) is 0 Å². The molecule has 29 heavy (non-hydrogen) atoms. The summed E-state index contributed by atoms with van der Waals surface area (Å²) < 4.78 is 13.9. The predicted molar refractivity (Wildman–Crippen MR) is 111 cm³/mol. The van der Waals surface area contributed by atoms with E-state index in [9.17, 15) is 14.3 Å². The lowest BCUT2D eigenvalue weighted by molar-refractivity contribution is -0.131. The average molecular weight is 394 g/mol. The van der Waals surface area contributed by atoms with Crippen LogP contribution in [0.1, 0.15) is 37.0 Å². The van der Waals surface area contributed by atoms with Crippen LogP contribution in [0.3, 0.4) is 0 Å². The van der Waals surface area contributed by atoms with E-state index in [0.29, 0.717) is 31.6 Å². The Morgan fingerprint density at radius 2 is 1.76 bits per heavy atom. The number of hydrogen-bond acceptors (Lipinski definition) is 3. The molecule has 1 amide bonds. The molecule has 1 fully saturated rings. The number of nitrogens with zero attached hydrogens (tertiary/aromatic N) is 2. The molecule has 5 heteroatoms. The van der Waals surface area contributed by atoms with E-state index in [-0.39, 0.29) is 11.7 Å². The lowest BCUT2D eigenvalue weighted by Crippen LogP contribution is -2.33. The summed E-state index contributed by atoms with van der Waals surface area (Å²) in [5.41, 5.74) is 1.55. The Morgan fingerprint density at radius 1 is 1.03 bits per heavy atom. The minimum Gasteiger partial charge on any atom is -0.378 e. The van der Waals surface area contributed by atoms with Gasteiger partial charge in [0.15, 0.2) is 0 Å². The normalized spacial score (nSPS) is 15.6. The van der Waals surface area contributed by atoms with Gasteiger partial charge in [0.1, 0.15) is 11.4 Å². The highest BCUT2D eigenvalue weighted by Crippen LogP contribution is 2.15. The zero-order chi connectivity index (χ0) is 20.9. The number of amides is 1. The van der Waals surface area contributed by atoms with Crippen LogP contribution >= 0.6 is 0 Å². The molecule has 4 nitrogen and oxygen atoms in total. The van der Waals surface area contributed by atoms with Gasteiger partial charge in [-0.3, -0.25) is 9.69 Å². The molecule has 0 bridgehead atoms. The molecule has 1 heterocycles. The van der Waals surface area contributed by atoms with Crippen molar-refractivity contribution in [3.8, 4) is 11.8 Å². The van der Waals surface area contributed by atoms with Gasteiger partial charge < -0.3 is 10.0 Å². The lowest BCUT2D eigenvalue weighted by atomic mass is 10.1. The number of carbonyl (C=O) groups is 1. The summed E-state index contributed by atoms with van der Waals surface area (Å²) in [5, 5.41) is 9.70. The Morgan fingerprint density at radius 3 is 2.45 bits per heavy atom. The van der Waals surface area contributed by atoms with Gasteiger partial charge in [-0.05, 0) is 37.6 Å². The summed E-state index contributed by atoms with van der Waals surface area (Å²) in [6, 6.07) is 14.6. The fourth-order valence-electron chi connectivity index (χ4n) is 3.24. The molecule has 0 saturated carbocycles. The molecular weight excluding hydrogens is 367 g/mol. The van der Waals surface area contributed by atoms with Gasteiger partial charge in [-0.1, -0.05) is 42.2 Å². The third kappa shape index (κ3) is 6.42. The maximum atomic E-state index is 13.9. The van der Waals surface area contributed by atoms with Crippen molar-refractivity contribution in [2.24, 2.45) is 0 Å². The number of carbonyl (C=O) groups excluding carboxylic acids is 1. The van der Waals surface area contributed by atoms with Gasteiger partial charge in [0, 0.05) is 50.3 Å². The smallest absolute Gasteiger partial charge is 0.224 e. The van der Waals surface area contributed by atoms with Crippen LogP contribution < -0.4 is 0 Å². The van der Waals surface area contributed by atoms with Crippen LogP contribution in [0.4, 0.5) is 4.39 Å². The summed E-state index contributed by atoms with van der Waals surface area (Å²) in [6.45, 7) is 6.40. The van der Waals surface area contributed by atoms with Gasteiger partial charge in [-0.25, -0.2) is 4.39 Å². The zero-order valence-electron chi connectivity index (χ0n) is 17.0. The number of hydrogen-bond donors (Lipinski definition) is 1. The molecule has 1 N–H and O–H groups in total. The molecule has 0 aliphatic carbocycles. The summed E-state index contributed by atoms with van der Waals surface area (Å²) >= 11 is 0. The molecule has 1 saturated heterocycles. The van der Waals surface area contributed by atoms with Crippen LogP contribution in [0.2, 0.25) is 0 Å². The highest BCUT2D eigenvalue weighted by atomic mass is 19.1. The monoisotopic (exact) mass is 394 g/mol. The van der Waals surface area contributed by atoms with Crippen molar-refractivity contribution >= 4 is 5.91 Å². The van der Waals surface area contributed by atoms with Crippen molar-refractivity contribution in [2.75, 3.05) is 19.6 Å². The lowest BCUT2D eigenvalue weighted by Gasteiger charge is -2.22. The molecule has 152 valence electrons. The van der Waals surface area contributed by atoms with E-state index in [1.807, 2.05) is 24.3 Å². The van der Waals surface area contributed by atoms with E-state index in [4.69, 9.17) is 0 Å². The largest absolute Gasteiger partial charge is 0.378 e. The molecule has 0 aromatic heterocycles. The van der Waals surface area contributed by atoms with Crippen LogP contribution in [0.15, 0.2) is 48.5 Å². The van der Waals surface area contributed by atoms with E-state index in [2.05, 4.69) is 16.7 Å². The van der Waals surface area contributed by atoms with E-state index in [1.165, 1.54) is 6.07 Å². The maximum absolute atomic E-state index is 13.9. The molecular formula is C24H27FN2O2. The fraction of sp³-hybridized carbons (Fsp3) is 0.375. The second-order valence-electron chi connectivity index (χ2n) is 7.94. The summed E-state index contributed by atoms with van der Waals surface area (Å²) in [7, 11) is 0. The Bertz CT molecular complexity index is 907. The van der Waals surface area contributed by atoms with E-state index in [0.717, 1.165) is 24.2 Å². The highest BCUT2D eigenvalue weighted by Gasteiger charge is 2.21. The van der Waals surface area contributed by atoms with Crippen molar-refractivity contribution in [1.82, 2.24) is 9.80 Å². The molecule has 0 spiro atoms. The van der Waals surface area contributed by atoms with Crippen molar-refractivity contribution in [2.45, 2.75) is 39.0 Å². The topological polar surface area (TPSA) is 43.8 Å². The molecule has 1 aliphatic heterocycles. The van der Waals surface area contributed by atoms with Crippen molar-refractivity contribution in [3.05, 3.63) is 71.0 Å². The molecule has 0 unspecified atom stereocenters. The first kappa shape index (κ1) is 21.0. The second kappa shape index (κ2) is 9.21. The maximum Gasteiger partial charge on any atom is 0.224 e. The molecule has 0 radical (unpaired) electrons. The summed E-state index contributed by atoms with van der Waals surface area (Å²) in [6.07, 6.45) is 0.434. The summed E-state index contributed by atoms with van der Waals surface area (Å²) in [5.74, 6) is 5.57. The summed E-state index contributed by atoms with van der Waals surface area (Å²) in [4.78, 5) is 16.5. The van der Waals surface area contributed by atoms with Gasteiger partial charge in [0.05, 0.1) is 0 Å². The number of benzene rings is 2. The first-order valence-corrected chi connectivity index (χ1v) is 9.88. The van der Waals surface area contributed by atoms with Gasteiger partial charge in [-0.2, -0.15) is 0 Å². The Labute approximate surface area is 172 Å². The van der Waals surface area contributed by atoms with Crippen LogP contribution in [0.25, 0.3) is 0 Å². The van der Waals surface area contributed by atoms with Crippen molar-refractivity contribution in [3.63, 3.8) is 0 Å². The third-order valence-electron chi connectivity index (χ3n) is 4.87. The Kier molecular flexibility index (Phi) is 6.68. The minimum absolute atomic E-state index is 0.0630. The molecule has 0 atom stereocenters. The van der Waals surface area contributed by atoms with Crippen molar-refractivity contribution < 1.29 is 14.3 Å². The first-order chi connectivity index (χ1) is 13.8. The third-order valence-corrected chi connectivity index (χ3v) is 4.87. The van der Waals surface area contributed by atoms with Crippen LogP contribution in [0.5, 0.6) is 0 Å². The predicted octanol–water partition coefficient (Wildman–Crippen LogP) is 3.18. The van der Waals surface area contributed by atoms with E-state index in [1.54, 1.807) is 36.9 Å². The van der Waals surface area contributed by atoms with Crippen LogP contribution in [-0.4, -0.2) is 46.0 Å². The zero-order valence-corrected chi connectivity index (χ0v) is 17.0. The molecule has 3 rings (SSSR count). The minimum atomic E-state index is -1.01. The number of halogens is 1. The van der Waals surface area contributed by atoms with Crippen LogP contribution in [-0.2, 0) is 17.9 Å². The van der Waals surface area contributed by atoms with Gasteiger partial charge >= 0.3 is 0 Å². The fourth-order valence-corrected chi connectivity index (χ4v) is 3.24. The first-order valence-electron chi connectivity index (χ1n) is 9.88. The number of aliphatic hydroxyl groups is 1. The Hall–Kier alpha value is -2.68. The van der Waals surface area contributed by atoms with Gasteiger partial charge in [0.2, 0.25) is 5.91 Å². The molecule has 2 aromatic carbocycles. The number of rotatable bonds is 4. The van der Waals surface area contributed by atoms with E-state index >= 15 is 0 Å². The highest BCUT2D eigenvalue weighted by molar-refractivity contribution is 5.76. The SMILES string of the molecule is CC(C)(O)C#Cc1ccc(CN2CCC(=O)N(Cc3ccccc3F)CC2)cc1.